The highest BCUT2D eigenvalue weighted by atomic mass is 32.1. The van der Waals surface area contributed by atoms with Crippen LogP contribution in [-0.2, 0) is 6.42 Å². The fraction of sp³-hybridized carbons (Fsp3) is 0.750. The third kappa shape index (κ3) is 3.83. The van der Waals surface area contributed by atoms with Crippen molar-refractivity contribution in [3.8, 4) is 0 Å². The minimum atomic E-state index is 0.600. The first-order valence-electron chi connectivity index (χ1n) is 7.65. The van der Waals surface area contributed by atoms with Crippen molar-refractivity contribution in [2.24, 2.45) is 5.92 Å². The molecular weight excluding hydrogens is 238 g/mol. The van der Waals surface area contributed by atoms with Crippen LogP contribution in [0.2, 0.25) is 0 Å². The number of nitrogens with one attached hydrogen (secondary N) is 1. The maximum Gasteiger partial charge on any atom is 0.0417 e. The van der Waals surface area contributed by atoms with Gasteiger partial charge in [-0.2, -0.15) is 0 Å². The molecular formula is C16H27NS. The van der Waals surface area contributed by atoms with Crippen molar-refractivity contribution in [2.45, 2.75) is 64.8 Å². The Kier molecular flexibility index (Phi) is 5.71. The predicted octanol–water partition coefficient (Wildman–Crippen LogP) is 4.93. The molecule has 0 aliphatic heterocycles. The van der Waals surface area contributed by atoms with Gasteiger partial charge in [-0.05, 0) is 37.4 Å². The molecule has 0 spiro atoms. The highest BCUT2D eigenvalue weighted by molar-refractivity contribution is 7.12. The van der Waals surface area contributed by atoms with E-state index in [1.807, 2.05) is 11.3 Å². The lowest BCUT2D eigenvalue weighted by Crippen LogP contribution is -2.23. The summed E-state index contributed by atoms with van der Waals surface area (Å²) in [4.78, 5) is 3.08. The van der Waals surface area contributed by atoms with Crippen LogP contribution in [0.4, 0.5) is 0 Å². The summed E-state index contributed by atoms with van der Waals surface area (Å²) < 4.78 is 0. The number of aryl methyl sites for hydroxylation is 1. The molecule has 0 bridgehead atoms. The molecule has 1 aromatic rings. The van der Waals surface area contributed by atoms with Crippen LogP contribution in [0.5, 0.6) is 0 Å². The van der Waals surface area contributed by atoms with Gasteiger partial charge in [-0.15, -0.1) is 11.3 Å². The second-order valence-electron chi connectivity index (χ2n) is 5.51. The maximum atomic E-state index is 3.69. The van der Waals surface area contributed by atoms with E-state index in [0.29, 0.717) is 6.04 Å². The lowest BCUT2D eigenvalue weighted by Gasteiger charge is -2.26. The summed E-state index contributed by atoms with van der Waals surface area (Å²) in [6.45, 7) is 5.55. The highest BCUT2D eigenvalue weighted by Crippen LogP contribution is 2.34. The van der Waals surface area contributed by atoms with E-state index < -0.39 is 0 Å². The van der Waals surface area contributed by atoms with Crippen molar-refractivity contribution in [3.05, 3.63) is 21.9 Å². The molecule has 18 heavy (non-hydrogen) atoms. The van der Waals surface area contributed by atoms with Crippen LogP contribution >= 0.6 is 11.3 Å². The second-order valence-corrected chi connectivity index (χ2v) is 6.71. The zero-order chi connectivity index (χ0) is 12.8. The van der Waals surface area contributed by atoms with Gasteiger partial charge in [-0.25, -0.2) is 0 Å². The first kappa shape index (κ1) is 14.1. The summed E-state index contributed by atoms with van der Waals surface area (Å²) in [5.41, 5.74) is 0. The van der Waals surface area contributed by atoms with E-state index >= 15 is 0 Å². The monoisotopic (exact) mass is 265 g/mol. The quantitative estimate of drug-likeness (QED) is 0.769. The molecule has 1 heterocycles. The van der Waals surface area contributed by atoms with E-state index in [4.69, 9.17) is 0 Å². The number of hydrogen-bond donors (Lipinski definition) is 1. The van der Waals surface area contributed by atoms with Crippen LogP contribution in [0.15, 0.2) is 12.1 Å². The van der Waals surface area contributed by atoms with E-state index in [1.54, 1.807) is 4.88 Å². The molecule has 1 aromatic heterocycles. The Morgan fingerprint density at radius 1 is 1.22 bits per heavy atom. The number of thiophene rings is 1. The van der Waals surface area contributed by atoms with Crippen LogP contribution in [0.25, 0.3) is 0 Å². The molecule has 1 unspecified atom stereocenters. The highest BCUT2D eigenvalue weighted by Gasteiger charge is 2.20. The smallest absolute Gasteiger partial charge is 0.0417 e. The standard InChI is InChI=1S/C16H27NS/c1-3-14-10-11-16(18-14)15(17-4-2)12-13-8-6-5-7-9-13/h10-11,13,15,17H,3-9,12H2,1-2H3. The Bertz CT molecular complexity index is 339. The molecule has 1 atom stereocenters. The summed E-state index contributed by atoms with van der Waals surface area (Å²) in [6.07, 6.45) is 9.79. The average Bonchev–Trinajstić information content (AvgIpc) is 2.88. The fourth-order valence-electron chi connectivity index (χ4n) is 3.07. The summed E-state index contributed by atoms with van der Waals surface area (Å²) in [5, 5.41) is 3.69. The molecule has 0 aromatic carbocycles. The lowest BCUT2D eigenvalue weighted by molar-refractivity contribution is 0.303. The molecule has 1 saturated carbocycles. The zero-order valence-electron chi connectivity index (χ0n) is 11.9. The van der Waals surface area contributed by atoms with Crippen molar-refractivity contribution in [1.29, 1.82) is 0 Å². The summed E-state index contributed by atoms with van der Waals surface area (Å²) in [6, 6.07) is 5.26. The normalized spacial score (nSPS) is 19.0. The minimum Gasteiger partial charge on any atom is -0.310 e. The van der Waals surface area contributed by atoms with Gasteiger partial charge in [0, 0.05) is 15.8 Å². The van der Waals surface area contributed by atoms with Crippen molar-refractivity contribution < 1.29 is 0 Å². The Labute approximate surface area is 116 Å². The molecule has 2 heteroatoms. The van der Waals surface area contributed by atoms with Gasteiger partial charge in [0.25, 0.3) is 0 Å². The van der Waals surface area contributed by atoms with Gasteiger partial charge in [0.2, 0.25) is 0 Å². The predicted molar refractivity (Wildman–Crippen MR) is 81.3 cm³/mol. The maximum absolute atomic E-state index is 3.69. The van der Waals surface area contributed by atoms with E-state index in [2.05, 4.69) is 31.3 Å². The molecule has 1 aliphatic rings. The fourth-order valence-corrected chi connectivity index (χ4v) is 4.12. The largest absolute Gasteiger partial charge is 0.310 e. The van der Waals surface area contributed by atoms with Crippen molar-refractivity contribution >= 4 is 11.3 Å². The SMILES string of the molecule is CCNC(CC1CCCCC1)c1ccc(CC)s1. The molecule has 0 amide bonds. The molecule has 2 rings (SSSR count). The van der Waals surface area contributed by atoms with Gasteiger partial charge in [0.15, 0.2) is 0 Å². The number of hydrogen-bond acceptors (Lipinski definition) is 2. The van der Waals surface area contributed by atoms with Gasteiger partial charge in [-0.1, -0.05) is 46.0 Å². The first-order valence-corrected chi connectivity index (χ1v) is 8.47. The Balaban J connectivity index is 1.97. The van der Waals surface area contributed by atoms with E-state index in [1.165, 1.54) is 49.8 Å². The van der Waals surface area contributed by atoms with Crippen LogP contribution in [0, 0.1) is 5.92 Å². The number of rotatable bonds is 6. The third-order valence-corrected chi connectivity index (χ3v) is 5.46. The van der Waals surface area contributed by atoms with E-state index in [0.717, 1.165) is 12.5 Å². The van der Waals surface area contributed by atoms with Gasteiger partial charge in [0.1, 0.15) is 0 Å². The van der Waals surface area contributed by atoms with Crippen LogP contribution < -0.4 is 5.32 Å². The molecule has 102 valence electrons. The Morgan fingerprint density at radius 3 is 2.61 bits per heavy atom. The lowest BCUT2D eigenvalue weighted by atomic mass is 9.84. The van der Waals surface area contributed by atoms with E-state index in [9.17, 15) is 0 Å². The van der Waals surface area contributed by atoms with Gasteiger partial charge in [-0.3, -0.25) is 0 Å². The van der Waals surface area contributed by atoms with Crippen LogP contribution in [0.1, 0.15) is 68.2 Å². The molecule has 1 N–H and O–H groups in total. The van der Waals surface area contributed by atoms with Gasteiger partial charge < -0.3 is 5.32 Å². The topological polar surface area (TPSA) is 12.0 Å². The summed E-state index contributed by atoms with van der Waals surface area (Å²) in [5.74, 6) is 0.954. The zero-order valence-corrected chi connectivity index (χ0v) is 12.7. The van der Waals surface area contributed by atoms with Crippen LogP contribution in [-0.4, -0.2) is 6.54 Å². The minimum absolute atomic E-state index is 0.600. The summed E-state index contributed by atoms with van der Waals surface area (Å²) >= 11 is 2.01. The Morgan fingerprint density at radius 2 is 2.00 bits per heavy atom. The third-order valence-electron chi connectivity index (χ3n) is 4.12. The molecule has 1 aliphatic carbocycles. The first-order chi connectivity index (χ1) is 8.83. The molecule has 0 saturated heterocycles. The van der Waals surface area contributed by atoms with E-state index in [-0.39, 0.29) is 0 Å². The Hall–Kier alpha value is -0.340. The summed E-state index contributed by atoms with van der Waals surface area (Å²) in [7, 11) is 0. The molecule has 0 radical (unpaired) electrons. The average molecular weight is 265 g/mol. The van der Waals surface area contributed by atoms with Crippen molar-refractivity contribution in [1.82, 2.24) is 5.32 Å². The van der Waals surface area contributed by atoms with Gasteiger partial charge >= 0.3 is 0 Å². The van der Waals surface area contributed by atoms with Crippen molar-refractivity contribution in [2.75, 3.05) is 6.54 Å². The molecule has 1 fully saturated rings. The van der Waals surface area contributed by atoms with Crippen molar-refractivity contribution in [3.63, 3.8) is 0 Å². The second kappa shape index (κ2) is 7.30. The van der Waals surface area contributed by atoms with Gasteiger partial charge in [0.05, 0.1) is 0 Å². The van der Waals surface area contributed by atoms with Crippen LogP contribution in [0.3, 0.4) is 0 Å². The molecule has 1 nitrogen and oxygen atoms in total.